The van der Waals surface area contributed by atoms with Crippen molar-refractivity contribution < 1.29 is 24.5 Å². The van der Waals surface area contributed by atoms with Crippen molar-refractivity contribution in [2.75, 3.05) is 6.61 Å². The van der Waals surface area contributed by atoms with Gasteiger partial charge in [-0.3, -0.25) is 9.59 Å². The van der Waals surface area contributed by atoms with Crippen molar-refractivity contribution in [1.82, 2.24) is 0 Å². The third-order valence-corrected chi connectivity index (χ3v) is 3.14. The largest absolute Gasteiger partial charge is 0.480 e. The first-order chi connectivity index (χ1) is 8.60. The number of rotatable bonds is 5. The van der Waals surface area contributed by atoms with Crippen LogP contribution in [-0.2, 0) is 14.3 Å². The summed E-state index contributed by atoms with van der Waals surface area (Å²) in [6, 6.07) is 8.76. The molecule has 1 aromatic rings. The van der Waals surface area contributed by atoms with Crippen LogP contribution in [0.25, 0.3) is 0 Å². The van der Waals surface area contributed by atoms with Gasteiger partial charge in [0, 0.05) is 0 Å². The molecule has 0 radical (unpaired) electrons. The van der Waals surface area contributed by atoms with E-state index in [1.165, 1.54) is 0 Å². The Morgan fingerprint density at radius 2 is 1.89 bits per heavy atom. The first kappa shape index (κ1) is 12.6. The van der Waals surface area contributed by atoms with Crippen molar-refractivity contribution >= 4 is 11.9 Å². The minimum absolute atomic E-state index is 0.300. The molecule has 1 fully saturated rings. The molecule has 96 valence electrons. The standard InChI is InChI=1S/C13H14O5/c14-8-10(9-4-2-1-3-5-9)18-12(17)13(6-7-13)11(15)16/h1-5,10,14H,6-8H2,(H,15,16). The number of hydrogen-bond acceptors (Lipinski definition) is 4. The van der Waals surface area contributed by atoms with Crippen LogP contribution < -0.4 is 0 Å². The maximum atomic E-state index is 11.8. The molecule has 1 aliphatic carbocycles. The van der Waals surface area contributed by atoms with Crippen LogP contribution in [0.5, 0.6) is 0 Å². The molecule has 1 saturated carbocycles. The van der Waals surface area contributed by atoms with Crippen molar-refractivity contribution in [3.05, 3.63) is 35.9 Å². The van der Waals surface area contributed by atoms with Gasteiger partial charge in [-0.05, 0) is 18.4 Å². The summed E-state index contributed by atoms with van der Waals surface area (Å²) in [5.41, 5.74) is -0.739. The Kier molecular flexibility index (Phi) is 3.34. The predicted octanol–water partition coefficient (Wildman–Crippen LogP) is 1.13. The van der Waals surface area contributed by atoms with E-state index in [1.807, 2.05) is 0 Å². The van der Waals surface area contributed by atoms with Gasteiger partial charge in [-0.2, -0.15) is 0 Å². The number of aliphatic carboxylic acids is 1. The number of aliphatic hydroxyl groups excluding tert-OH is 1. The Morgan fingerprint density at radius 1 is 1.28 bits per heavy atom. The number of hydrogen-bond donors (Lipinski definition) is 2. The molecule has 0 saturated heterocycles. The van der Waals surface area contributed by atoms with Gasteiger partial charge in [-0.1, -0.05) is 30.3 Å². The van der Waals surface area contributed by atoms with Gasteiger partial charge in [-0.15, -0.1) is 0 Å². The molecule has 0 spiro atoms. The Bertz CT molecular complexity index is 450. The Hall–Kier alpha value is -1.88. The van der Waals surface area contributed by atoms with Gasteiger partial charge in [0.25, 0.3) is 0 Å². The quantitative estimate of drug-likeness (QED) is 0.604. The first-order valence-corrected chi connectivity index (χ1v) is 5.70. The number of esters is 1. The summed E-state index contributed by atoms with van der Waals surface area (Å²) in [5, 5.41) is 18.2. The van der Waals surface area contributed by atoms with Crippen molar-refractivity contribution in [1.29, 1.82) is 0 Å². The van der Waals surface area contributed by atoms with E-state index in [-0.39, 0.29) is 6.61 Å². The second kappa shape index (κ2) is 4.78. The lowest BCUT2D eigenvalue weighted by molar-refractivity contribution is -0.166. The molecular weight excluding hydrogens is 236 g/mol. The number of carboxylic acids is 1. The molecule has 2 rings (SSSR count). The molecule has 1 aromatic carbocycles. The first-order valence-electron chi connectivity index (χ1n) is 5.70. The molecule has 0 aromatic heterocycles. The van der Waals surface area contributed by atoms with Gasteiger partial charge in [0.2, 0.25) is 0 Å². The lowest BCUT2D eigenvalue weighted by Crippen LogP contribution is -2.29. The van der Waals surface area contributed by atoms with E-state index in [0.717, 1.165) is 0 Å². The maximum Gasteiger partial charge on any atom is 0.324 e. The summed E-state index contributed by atoms with van der Waals surface area (Å²) in [4.78, 5) is 22.8. The van der Waals surface area contributed by atoms with Gasteiger partial charge >= 0.3 is 11.9 Å². The van der Waals surface area contributed by atoms with Crippen LogP contribution in [-0.4, -0.2) is 28.8 Å². The Balaban J connectivity index is 2.08. The van der Waals surface area contributed by atoms with Crippen LogP contribution >= 0.6 is 0 Å². The Labute approximate surface area is 104 Å². The summed E-state index contributed by atoms with van der Waals surface area (Å²) in [5.74, 6) is -1.92. The van der Waals surface area contributed by atoms with Gasteiger partial charge in [0.1, 0.15) is 6.10 Å². The highest BCUT2D eigenvalue weighted by atomic mass is 16.6. The number of ether oxygens (including phenoxy) is 1. The predicted molar refractivity (Wildman–Crippen MR) is 61.7 cm³/mol. The smallest absolute Gasteiger partial charge is 0.324 e. The highest BCUT2D eigenvalue weighted by molar-refractivity contribution is 6.02. The van der Waals surface area contributed by atoms with E-state index in [4.69, 9.17) is 9.84 Å². The minimum Gasteiger partial charge on any atom is -0.480 e. The lowest BCUT2D eigenvalue weighted by Gasteiger charge is -2.18. The zero-order valence-electron chi connectivity index (χ0n) is 9.70. The average molecular weight is 250 g/mol. The molecule has 0 bridgehead atoms. The monoisotopic (exact) mass is 250 g/mol. The molecule has 1 unspecified atom stereocenters. The Morgan fingerprint density at radius 3 is 2.33 bits per heavy atom. The average Bonchev–Trinajstić information content (AvgIpc) is 3.18. The highest BCUT2D eigenvalue weighted by Crippen LogP contribution is 2.47. The minimum atomic E-state index is -1.39. The number of carbonyl (C=O) groups excluding carboxylic acids is 1. The molecule has 0 heterocycles. The highest BCUT2D eigenvalue weighted by Gasteiger charge is 2.59. The van der Waals surface area contributed by atoms with Crippen molar-refractivity contribution in [2.24, 2.45) is 5.41 Å². The summed E-state index contributed by atoms with van der Waals surface area (Å²) in [6.07, 6.45) is -0.210. The molecule has 5 heteroatoms. The van der Waals surface area contributed by atoms with Gasteiger partial charge in [-0.25, -0.2) is 0 Å². The van der Waals surface area contributed by atoms with E-state index >= 15 is 0 Å². The van der Waals surface area contributed by atoms with Gasteiger partial charge in [0.05, 0.1) is 6.61 Å². The van der Waals surface area contributed by atoms with Crippen LogP contribution in [0.15, 0.2) is 30.3 Å². The SMILES string of the molecule is O=C(O)C1(C(=O)OC(CO)c2ccccc2)CC1. The molecule has 1 aliphatic rings. The lowest BCUT2D eigenvalue weighted by atomic mass is 10.1. The second-order valence-electron chi connectivity index (χ2n) is 4.37. The fraction of sp³-hybridized carbons (Fsp3) is 0.385. The van der Waals surface area contributed by atoms with Crippen LogP contribution in [0, 0.1) is 5.41 Å². The van der Waals surface area contributed by atoms with Gasteiger partial charge < -0.3 is 14.9 Å². The molecule has 5 nitrogen and oxygen atoms in total. The topological polar surface area (TPSA) is 83.8 Å². The zero-order chi connectivity index (χ0) is 13.2. The summed E-state index contributed by atoms with van der Waals surface area (Å²) >= 11 is 0. The van der Waals surface area contributed by atoms with E-state index in [2.05, 4.69) is 0 Å². The molecule has 0 amide bonds. The van der Waals surface area contributed by atoms with E-state index in [9.17, 15) is 14.7 Å². The van der Waals surface area contributed by atoms with E-state index < -0.39 is 23.5 Å². The summed E-state index contributed by atoms with van der Waals surface area (Å²) in [7, 11) is 0. The van der Waals surface area contributed by atoms with E-state index in [0.29, 0.717) is 18.4 Å². The molecule has 2 N–H and O–H groups in total. The van der Waals surface area contributed by atoms with Gasteiger partial charge in [0.15, 0.2) is 5.41 Å². The number of benzene rings is 1. The molecular formula is C13H14O5. The molecule has 1 atom stereocenters. The molecule has 0 aliphatic heterocycles. The maximum absolute atomic E-state index is 11.8. The van der Waals surface area contributed by atoms with Crippen LogP contribution in [0.4, 0.5) is 0 Å². The number of carboxylic acid groups (broad SMARTS) is 1. The van der Waals surface area contributed by atoms with Crippen LogP contribution in [0.3, 0.4) is 0 Å². The normalized spacial score (nSPS) is 17.8. The second-order valence-corrected chi connectivity index (χ2v) is 4.37. The fourth-order valence-corrected chi connectivity index (χ4v) is 1.75. The van der Waals surface area contributed by atoms with Crippen LogP contribution in [0.1, 0.15) is 24.5 Å². The number of carbonyl (C=O) groups is 2. The van der Waals surface area contributed by atoms with E-state index in [1.54, 1.807) is 30.3 Å². The van der Waals surface area contributed by atoms with Crippen molar-refractivity contribution in [3.63, 3.8) is 0 Å². The van der Waals surface area contributed by atoms with Crippen molar-refractivity contribution in [2.45, 2.75) is 18.9 Å². The summed E-state index contributed by atoms with van der Waals surface area (Å²) < 4.78 is 5.10. The third kappa shape index (κ3) is 2.22. The number of aliphatic hydroxyl groups is 1. The fourth-order valence-electron chi connectivity index (χ4n) is 1.75. The summed E-state index contributed by atoms with van der Waals surface area (Å²) in [6.45, 7) is -0.370. The zero-order valence-corrected chi connectivity index (χ0v) is 9.70. The van der Waals surface area contributed by atoms with Crippen LogP contribution in [0.2, 0.25) is 0 Å². The third-order valence-electron chi connectivity index (χ3n) is 3.14. The molecule has 18 heavy (non-hydrogen) atoms. The van der Waals surface area contributed by atoms with Crippen molar-refractivity contribution in [3.8, 4) is 0 Å².